The van der Waals surface area contributed by atoms with Crippen LogP contribution >= 0.6 is 0 Å². The minimum absolute atomic E-state index is 0.132. The zero-order chi connectivity index (χ0) is 22.3. The maximum absolute atomic E-state index is 12.3. The molecule has 1 aromatic heterocycles. The number of pyridine rings is 1. The average Bonchev–Trinajstić information content (AvgIpc) is 3.31. The number of amides is 2. The Morgan fingerprint density at radius 2 is 1.94 bits per heavy atom. The molecule has 8 nitrogen and oxygen atoms in total. The van der Waals surface area contributed by atoms with E-state index in [1.54, 1.807) is 7.11 Å². The van der Waals surface area contributed by atoms with Gasteiger partial charge >= 0.3 is 6.03 Å². The molecule has 2 fully saturated rings. The number of rotatable bonds is 7. The van der Waals surface area contributed by atoms with Crippen molar-refractivity contribution in [2.75, 3.05) is 69.8 Å². The molecular weight excluding hydrogens is 404 g/mol. The predicted octanol–water partition coefficient (Wildman–Crippen LogP) is 2.17. The molecule has 2 aliphatic heterocycles. The zero-order valence-corrected chi connectivity index (χ0v) is 19.1. The van der Waals surface area contributed by atoms with Crippen molar-refractivity contribution in [3.63, 3.8) is 0 Å². The molecule has 1 atom stereocenters. The molecule has 0 aliphatic carbocycles. The van der Waals surface area contributed by atoms with Crippen LogP contribution in [0, 0.1) is 5.92 Å². The van der Waals surface area contributed by atoms with Gasteiger partial charge in [-0.2, -0.15) is 0 Å². The Hall–Kier alpha value is -3.00. The number of hydrogen-bond donors (Lipinski definition) is 2. The third-order valence-corrected chi connectivity index (χ3v) is 6.35. The molecule has 3 heterocycles. The summed E-state index contributed by atoms with van der Waals surface area (Å²) in [6.07, 6.45) is 2.92. The lowest BCUT2D eigenvalue weighted by molar-refractivity contribution is 0.239. The first-order valence-electron chi connectivity index (χ1n) is 11.4. The molecule has 2 N–H and O–H groups in total. The van der Waals surface area contributed by atoms with Crippen LogP contribution in [0.2, 0.25) is 0 Å². The number of urea groups is 1. The summed E-state index contributed by atoms with van der Waals surface area (Å²) >= 11 is 0. The smallest absolute Gasteiger partial charge is 0.315 e. The molecule has 0 saturated carbocycles. The number of carbonyl (C=O) groups is 1. The molecule has 0 spiro atoms. The van der Waals surface area contributed by atoms with Gasteiger partial charge in [-0.3, -0.25) is 0 Å². The van der Waals surface area contributed by atoms with Crippen molar-refractivity contribution in [3.05, 3.63) is 48.2 Å². The maximum Gasteiger partial charge on any atom is 0.315 e. The summed E-state index contributed by atoms with van der Waals surface area (Å²) in [6.45, 7) is 7.19. The number of anilines is 2. The van der Waals surface area contributed by atoms with E-state index in [4.69, 9.17) is 4.74 Å². The Bertz CT molecular complexity index is 882. The summed E-state index contributed by atoms with van der Waals surface area (Å²) in [7, 11) is 3.83. The van der Waals surface area contributed by atoms with E-state index >= 15 is 0 Å². The number of likely N-dealkylation sites (N-methyl/N-ethyl adjacent to an activating group) is 1. The van der Waals surface area contributed by atoms with Crippen LogP contribution in [0.25, 0.3) is 0 Å². The quantitative estimate of drug-likeness (QED) is 0.690. The number of ether oxygens (including phenoxy) is 1. The lowest BCUT2D eigenvalue weighted by atomic mass is 10.1. The molecule has 172 valence electrons. The van der Waals surface area contributed by atoms with E-state index in [1.165, 1.54) is 5.69 Å². The molecule has 8 heteroatoms. The number of piperazine rings is 1. The molecule has 0 bridgehead atoms. The summed E-state index contributed by atoms with van der Waals surface area (Å²) in [5.74, 6) is 2.32. The third-order valence-electron chi connectivity index (χ3n) is 6.35. The molecule has 2 aromatic rings. The van der Waals surface area contributed by atoms with Crippen molar-refractivity contribution in [3.8, 4) is 5.75 Å². The minimum Gasteiger partial charge on any atom is -0.497 e. The van der Waals surface area contributed by atoms with E-state index in [1.807, 2.05) is 30.5 Å². The second kappa shape index (κ2) is 10.5. The molecule has 4 rings (SSSR count). The number of nitrogens with zero attached hydrogens (tertiary/aromatic N) is 4. The van der Waals surface area contributed by atoms with Gasteiger partial charge in [-0.05, 0) is 43.1 Å². The lowest BCUT2D eigenvalue weighted by Gasteiger charge is -2.33. The van der Waals surface area contributed by atoms with Gasteiger partial charge in [0.2, 0.25) is 0 Å². The van der Waals surface area contributed by atoms with Gasteiger partial charge in [0.15, 0.2) is 0 Å². The van der Waals surface area contributed by atoms with E-state index in [9.17, 15) is 4.79 Å². The standard InChI is InChI=1S/C24H34N6O2/c1-28-10-12-29(13-11-28)23-7-6-19(15-25-23)16-26-24(31)27-17-20-8-9-30(18-20)21-4-3-5-22(14-21)32-2/h3-7,14-15,20H,8-13,16-18H2,1-2H3,(H2,26,27,31). The Kier molecular flexibility index (Phi) is 7.32. The number of hydrogen-bond acceptors (Lipinski definition) is 6. The Balaban J connectivity index is 1.17. The highest BCUT2D eigenvalue weighted by atomic mass is 16.5. The van der Waals surface area contributed by atoms with Crippen molar-refractivity contribution in [2.45, 2.75) is 13.0 Å². The van der Waals surface area contributed by atoms with Crippen LogP contribution in [0.5, 0.6) is 5.75 Å². The Morgan fingerprint density at radius 1 is 1.09 bits per heavy atom. The van der Waals surface area contributed by atoms with E-state index in [2.05, 4.69) is 49.5 Å². The number of methoxy groups -OCH3 is 1. The van der Waals surface area contributed by atoms with Crippen molar-refractivity contribution < 1.29 is 9.53 Å². The molecule has 32 heavy (non-hydrogen) atoms. The third kappa shape index (κ3) is 5.82. The molecule has 2 aliphatic rings. The van der Waals surface area contributed by atoms with Crippen LogP contribution in [0.4, 0.5) is 16.3 Å². The normalized spacial score (nSPS) is 19.1. The fourth-order valence-electron chi connectivity index (χ4n) is 4.27. The molecule has 1 aromatic carbocycles. The van der Waals surface area contributed by atoms with Gasteiger partial charge in [0.25, 0.3) is 0 Å². The number of carbonyl (C=O) groups excluding carboxylic acids is 1. The molecule has 1 unspecified atom stereocenters. The van der Waals surface area contributed by atoms with E-state index in [-0.39, 0.29) is 6.03 Å². The molecular formula is C24H34N6O2. The first kappa shape index (κ1) is 22.2. The maximum atomic E-state index is 12.3. The second-order valence-corrected chi connectivity index (χ2v) is 8.68. The summed E-state index contributed by atoms with van der Waals surface area (Å²) < 4.78 is 5.32. The minimum atomic E-state index is -0.132. The zero-order valence-electron chi connectivity index (χ0n) is 19.1. The van der Waals surface area contributed by atoms with Gasteiger partial charge in [0.1, 0.15) is 11.6 Å². The highest BCUT2D eigenvalue weighted by Crippen LogP contribution is 2.26. The van der Waals surface area contributed by atoms with Gasteiger partial charge in [0.05, 0.1) is 7.11 Å². The van der Waals surface area contributed by atoms with E-state index in [0.29, 0.717) is 19.0 Å². The molecule has 2 saturated heterocycles. The number of benzene rings is 1. The van der Waals surface area contributed by atoms with Gasteiger partial charge in [0, 0.05) is 70.3 Å². The van der Waals surface area contributed by atoms with Gasteiger partial charge in [-0.25, -0.2) is 9.78 Å². The van der Waals surface area contributed by atoms with Crippen LogP contribution in [0.15, 0.2) is 42.6 Å². The van der Waals surface area contributed by atoms with Crippen LogP contribution in [0.1, 0.15) is 12.0 Å². The van der Waals surface area contributed by atoms with Crippen LogP contribution in [0.3, 0.4) is 0 Å². The number of aromatic nitrogens is 1. The van der Waals surface area contributed by atoms with Gasteiger partial charge in [-0.1, -0.05) is 12.1 Å². The van der Waals surface area contributed by atoms with Crippen LogP contribution < -0.4 is 25.2 Å². The largest absolute Gasteiger partial charge is 0.497 e. The number of nitrogens with one attached hydrogen (secondary N) is 2. The van der Waals surface area contributed by atoms with E-state index in [0.717, 1.165) is 62.8 Å². The van der Waals surface area contributed by atoms with Crippen molar-refractivity contribution in [1.82, 2.24) is 20.5 Å². The van der Waals surface area contributed by atoms with Gasteiger partial charge < -0.3 is 30.1 Å². The highest BCUT2D eigenvalue weighted by Gasteiger charge is 2.23. The molecule has 0 radical (unpaired) electrons. The molecule has 2 amide bonds. The van der Waals surface area contributed by atoms with Crippen LogP contribution in [-0.4, -0.2) is 75.9 Å². The topological polar surface area (TPSA) is 73.0 Å². The lowest BCUT2D eigenvalue weighted by Crippen LogP contribution is -2.44. The summed E-state index contributed by atoms with van der Waals surface area (Å²) in [5.41, 5.74) is 2.17. The summed E-state index contributed by atoms with van der Waals surface area (Å²) in [6, 6.07) is 12.1. The first-order valence-corrected chi connectivity index (χ1v) is 11.4. The second-order valence-electron chi connectivity index (χ2n) is 8.68. The summed E-state index contributed by atoms with van der Waals surface area (Å²) in [5, 5.41) is 5.97. The van der Waals surface area contributed by atoms with Crippen molar-refractivity contribution >= 4 is 17.5 Å². The Labute approximate surface area is 190 Å². The summed E-state index contributed by atoms with van der Waals surface area (Å²) in [4.78, 5) is 23.8. The average molecular weight is 439 g/mol. The first-order chi connectivity index (χ1) is 15.6. The van der Waals surface area contributed by atoms with Gasteiger partial charge in [-0.15, -0.1) is 0 Å². The SMILES string of the molecule is COc1cccc(N2CCC(CNC(=O)NCc3ccc(N4CCN(C)CC4)nc3)C2)c1. The van der Waals surface area contributed by atoms with Crippen LogP contribution in [-0.2, 0) is 6.54 Å². The van der Waals surface area contributed by atoms with E-state index < -0.39 is 0 Å². The Morgan fingerprint density at radius 3 is 2.69 bits per heavy atom. The van der Waals surface area contributed by atoms with Crippen molar-refractivity contribution in [2.24, 2.45) is 5.92 Å². The highest BCUT2D eigenvalue weighted by molar-refractivity contribution is 5.73. The monoisotopic (exact) mass is 438 g/mol. The fraction of sp³-hybridized carbons (Fsp3) is 0.500. The fourth-order valence-corrected chi connectivity index (χ4v) is 4.27. The van der Waals surface area contributed by atoms with Crippen molar-refractivity contribution in [1.29, 1.82) is 0 Å². The predicted molar refractivity (Wildman–Crippen MR) is 127 cm³/mol.